The quantitative estimate of drug-likeness (QED) is 0.848. The van der Waals surface area contributed by atoms with Gasteiger partial charge in [-0.25, -0.2) is 0 Å². The SMILES string of the molecule is Cc1cc(CNCC2CCCC2O)c(OC(F)F)cc1C. The van der Waals surface area contributed by atoms with Crippen LogP contribution in [-0.2, 0) is 6.54 Å². The normalized spacial score (nSPS) is 22.0. The van der Waals surface area contributed by atoms with Crippen LogP contribution in [0.4, 0.5) is 8.78 Å². The van der Waals surface area contributed by atoms with Gasteiger partial charge in [-0.2, -0.15) is 8.78 Å². The van der Waals surface area contributed by atoms with E-state index in [9.17, 15) is 13.9 Å². The Balaban J connectivity index is 1.99. The number of aryl methyl sites for hydroxylation is 2. The molecule has 118 valence electrons. The lowest BCUT2D eigenvalue weighted by Crippen LogP contribution is -2.27. The Morgan fingerprint density at radius 1 is 1.29 bits per heavy atom. The summed E-state index contributed by atoms with van der Waals surface area (Å²) >= 11 is 0. The molecule has 2 N–H and O–H groups in total. The van der Waals surface area contributed by atoms with E-state index in [0.717, 1.165) is 36.0 Å². The van der Waals surface area contributed by atoms with Gasteiger partial charge >= 0.3 is 6.61 Å². The third-order valence-electron chi connectivity index (χ3n) is 4.23. The van der Waals surface area contributed by atoms with Crippen LogP contribution in [0.3, 0.4) is 0 Å². The molecule has 0 bridgehead atoms. The lowest BCUT2D eigenvalue weighted by Gasteiger charge is -2.17. The average Bonchev–Trinajstić information content (AvgIpc) is 2.80. The van der Waals surface area contributed by atoms with E-state index in [4.69, 9.17) is 0 Å². The first-order valence-corrected chi connectivity index (χ1v) is 7.41. The summed E-state index contributed by atoms with van der Waals surface area (Å²) in [6.07, 6.45) is 2.68. The number of hydrogen-bond acceptors (Lipinski definition) is 3. The second-order valence-corrected chi connectivity index (χ2v) is 5.81. The van der Waals surface area contributed by atoms with Crippen LogP contribution >= 0.6 is 0 Å². The largest absolute Gasteiger partial charge is 0.434 e. The van der Waals surface area contributed by atoms with Gasteiger partial charge in [0.2, 0.25) is 0 Å². The minimum absolute atomic E-state index is 0.229. The molecule has 2 unspecified atom stereocenters. The Labute approximate surface area is 124 Å². The van der Waals surface area contributed by atoms with Crippen LogP contribution in [0.2, 0.25) is 0 Å². The lowest BCUT2D eigenvalue weighted by atomic mass is 10.0. The standard InChI is InChI=1S/C16H23F2NO2/c1-10-6-13(15(7-11(10)2)21-16(17)18)9-19-8-12-4-3-5-14(12)20/h6-7,12,14,16,19-20H,3-5,8-9H2,1-2H3. The van der Waals surface area contributed by atoms with Crippen LogP contribution in [0.5, 0.6) is 5.75 Å². The van der Waals surface area contributed by atoms with Crippen molar-refractivity contribution in [2.75, 3.05) is 6.54 Å². The van der Waals surface area contributed by atoms with Crippen LogP contribution < -0.4 is 10.1 Å². The van der Waals surface area contributed by atoms with Gasteiger partial charge in [0.25, 0.3) is 0 Å². The molecular formula is C16H23F2NO2. The van der Waals surface area contributed by atoms with Gasteiger partial charge in [0.15, 0.2) is 0 Å². The van der Waals surface area contributed by atoms with Crippen molar-refractivity contribution in [1.82, 2.24) is 5.32 Å². The third-order valence-corrected chi connectivity index (χ3v) is 4.23. The minimum Gasteiger partial charge on any atom is -0.434 e. The number of aliphatic hydroxyl groups excluding tert-OH is 1. The maximum absolute atomic E-state index is 12.5. The smallest absolute Gasteiger partial charge is 0.387 e. The fourth-order valence-corrected chi connectivity index (χ4v) is 2.84. The number of alkyl halides is 2. The molecule has 0 spiro atoms. The zero-order valence-electron chi connectivity index (χ0n) is 12.5. The Bertz CT molecular complexity index is 480. The molecular weight excluding hydrogens is 276 g/mol. The minimum atomic E-state index is -2.82. The Morgan fingerprint density at radius 3 is 2.62 bits per heavy atom. The van der Waals surface area contributed by atoms with E-state index in [1.165, 1.54) is 0 Å². The molecule has 1 aromatic rings. The molecule has 2 rings (SSSR count). The van der Waals surface area contributed by atoms with Gasteiger partial charge in [0.05, 0.1) is 6.10 Å². The summed E-state index contributed by atoms with van der Waals surface area (Å²) in [4.78, 5) is 0. The molecule has 0 aromatic heterocycles. The van der Waals surface area contributed by atoms with Crippen LogP contribution in [0.1, 0.15) is 36.0 Å². The Hall–Kier alpha value is -1.20. The topological polar surface area (TPSA) is 41.5 Å². The number of rotatable bonds is 6. The van der Waals surface area contributed by atoms with E-state index in [1.807, 2.05) is 19.9 Å². The average molecular weight is 299 g/mol. The summed E-state index contributed by atoms with van der Waals surface area (Å²) in [7, 11) is 0. The molecule has 5 heteroatoms. The van der Waals surface area contributed by atoms with Crippen molar-refractivity contribution >= 4 is 0 Å². The summed E-state index contributed by atoms with van der Waals surface area (Å²) in [5, 5.41) is 13.0. The molecule has 0 radical (unpaired) electrons. The van der Waals surface area contributed by atoms with Gasteiger partial charge in [0.1, 0.15) is 5.75 Å². The molecule has 3 nitrogen and oxygen atoms in total. The first kappa shape index (κ1) is 16.2. The predicted octanol–water partition coefficient (Wildman–Crippen LogP) is 3.16. The molecule has 0 aliphatic heterocycles. The maximum Gasteiger partial charge on any atom is 0.387 e. The monoisotopic (exact) mass is 299 g/mol. The number of aliphatic hydroxyl groups is 1. The van der Waals surface area contributed by atoms with Gasteiger partial charge in [-0.3, -0.25) is 0 Å². The number of ether oxygens (including phenoxy) is 1. The Kier molecular flexibility index (Phi) is 5.53. The van der Waals surface area contributed by atoms with Crippen molar-refractivity contribution in [3.8, 4) is 5.75 Å². The van der Waals surface area contributed by atoms with Crippen molar-refractivity contribution in [2.45, 2.75) is 52.4 Å². The van der Waals surface area contributed by atoms with Crippen molar-refractivity contribution in [1.29, 1.82) is 0 Å². The first-order chi connectivity index (χ1) is 9.97. The van der Waals surface area contributed by atoms with E-state index in [2.05, 4.69) is 10.1 Å². The van der Waals surface area contributed by atoms with Crippen molar-refractivity contribution in [2.24, 2.45) is 5.92 Å². The van der Waals surface area contributed by atoms with Crippen LogP contribution in [0.25, 0.3) is 0 Å². The number of halogens is 2. The van der Waals surface area contributed by atoms with Gasteiger partial charge in [-0.1, -0.05) is 12.5 Å². The van der Waals surface area contributed by atoms with Crippen molar-refractivity contribution in [3.05, 3.63) is 28.8 Å². The second-order valence-electron chi connectivity index (χ2n) is 5.81. The highest BCUT2D eigenvalue weighted by atomic mass is 19.3. The highest BCUT2D eigenvalue weighted by molar-refractivity contribution is 5.41. The second kappa shape index (κ2) is 7.18. The molecule has 1 aliphatic rings. The summed E-state index contributed by atoms with van der Waals surface area (Å²) in [6.45, 7) is 2.17. The summed E-state index contributed by atoms with van der Waals surface area (Å²) in [5.41, 5.74) is 2.71. The number of benzene rings is 1. The predicted molar refractivity (Wildman–Crippen MR) is 77.6 cm³/mol. The number of nitrogens with one attached hydrogen (secondary N) is 1. The molecule has 0 saturated heterocycles. The van der Waals surface area contributed by atoms with Crippen LogP contribution in [0, 0.1) is 19.8 Å². The summed E-state index contributed by atoms with van der Waals surface area (Å²) in [6, 6.07) is 3.54. The van der Waals surface area contributed by atoms with Crippen LogP contribution in [-0.4, -0.2) is 24.4 Å². The van der Waals surface area contributed by atoms with Crippen molar-refractivity contribution in [3.63, 3.8) is 0 Å². The van der Waals surface area contributed by atoms with E-state index in [-0.39, 0.29) is 17.8 Å². The summed E-state index contributed by atoms with van der Waals surface area (Å²) in [5.74, 6) is 0.489. The van der Waals surface area contributed by atoms with Crippen LogP contribution in [0.15, 0.2) is 12.1 Å². The van der Waals surface area contributed by atoms with E-state index in [1.54, 1.807) is 6.07 Å². The fraction of sp³-hybridized carbons (Fsp3) is 0.625. The highest BCUT2D eigenvalue weighted by Gasteiger charge is 2.24. The number of hydrogen-bond donors (Lipinski definition) is 2. The molecule has 0 amide bonds. The maximum atomic E-state index is 12.5. The zero-order valence-corrected chi connectivity index (χ0v) is 12.5. The zero-order chi connectivity index (χ0) is 15.4. The molecule has 1 saturated carbocycles. The molecule has 21 heavy (non-hydrogen) atoms. The fourth-order valence-electron chi connectivity index (χ4n) is 2.84. The molecule has 2 atom stereocenters. The van der Waals surface area contributed by atoms with E-state index >= 15 is 0 Å². The molecule has 1 aromatic carbocycles. The first-order valence-electron chi connectivity index (χ1n) is 7.41. The van der Waals surface area contributed by atoms with Gasteiger partial charge < -0.3 is 15.2 Å². The van der Waals surface area contributed by atoms with Crippen molar-refractivity contribution < 1.29 is 18.6 Å². The molecule has 1 aliphatic carbocycles. The van der Waals surface area contributed by atoms with E-state index in [0.29, 0.717) is 13.1 Å². The molecule has 0 heterocycles. The highest BCUT2D eigenvalue weighted by Crippen LogP contribution is 2.27. The Morgan fingerprint density at radius 2 is 2.00 bits per heavy atom. The lowest BCUT2D eigenvalue weighted by molar-refractivity contribution is -0.0505. The third kappa shape index (κ3) is 4.38. The summed E-state index contributed by atoms with van der Waals surface area (Å²) < 4.78 is 29.6. The van der Waals surface area contributed by atoms with Gasteiger partial charge in [-0.05, 0) is 49.8 Å². The molecule has 1 fully saturated rings. The van der Waals surface area contributed by atoms with E-state index < -0.39 is 6.61 Å². The van der Waals surface area contributed by atoms with Gasteiger partial charge in [0, 0.05) is 18.7 Å². The van der Waals surface area contributed by atoms with Gasteiger partial charge in [-0.15, -0.1) is 0 Å².